The third kappa shape index (κ3) is 6.21. The highest BCUT2D eigenvalue weighted by Gasteiger charge is 2.16. The lowest BCUT2D eigenvalue weighted by Crippen LogP contribution is -2.09. The first-order valence-corrected chi connectivity index (χ1v) is 19.4. The van der Waals surface area contributed by atoms with Gasteiger partial charge in [-0.15, -0.1) is 11.3 Å². The van der Waals surface area contributed by atoms with Gasteiger partial charge in [-0.1, -0.05) is 103 Å². The number of hydrogen-bond donors (Lipinski definition) is 0. The Hall–Kier alpha value is -7.34. The van der Waals surface area contributed by atoms with Crippen LogP contribution in [-0.4, -0.2) is 9.97 Å². The molecule has 0 unspecified atom stereocenters. The van der Waals surface area contributed by atoms with E-state index in [-0.39, 0.29) is 58.3 Å². The van der Waals surface area contributed by atoms with Crippen LogP contribution >= 0.6 is 11.3 Å². The van der Waals surface area contributed by atoms with Crippen LogP contribution in [0.15, 0.2) is 204 Å². The van der Waals surface area contributed by atoms with E-state index in [1.807, 2.05) is 164 Å². The summed E-state index contributed by atoms with van der Waals surface area (Å²) in [5.74, 6) is 0.542. The molecule has 11 rings (SSSR count). The molecule has 0 amide bonds. The highest BCUT2D eigenvalue weighted by atomic mass is 32.1. The van der Waals surface area contributed by atoms with Gasteiger partial charge in [0.15, 0.2) is 5.58 Å². The highest BCUT2D eigenvalue weighted by molar-refractivity contribution is 7.21. The van der Waals surface area contributed by atoms with Crippen molar-refractivity contribution < 1.29 is 12.6 Å². The Morgan fingerprint density at radius 3 is 1.82 bits per heavy atom. The first-order valence-electron chi connectivity index (χ1n) is 21.6. The number of nitrogens with zero attached hydrogens (tertiary/aromatic N) is 3. The Labute approximate surface area is 342 Å². The molecule has 0 aliphatic carbocycles. The lowest BCUT2D eigenvalue weighted by atomic mass is 9.98. The fraction of sp³-hybridized carbons (Fsp3) is 0. The van der Waals surface area contributed by atoms with Crippen molar-refractivity contribution in [3.8, 4) is 44.3 Å². The van der Waals surface area contributed by atoms with E-state index in [2.05, 4.69) is 4.98 Å². The van der Waals surface area contributed by atoms with Gasteiger partial charge in [-0.25, -0.2) is 9.97 Å². The molecular weight excluding hydrogens is 715 g/mol. The first-order chi connectivity index (χ1) is 30.7. The van der Waals surface area contributed by atoms with Crippen LogP contribution in [0.1, 0.15) is 8.22 Å². The standard InChI is InChI=1S/C52H33N3OS/c1-2-8-39-31-40(18-15-34(39)7-1)41-19-20-43-33-46(30-25-42(43)32-41)55(45-28-23-38(24-29-45)52-54-48-10-4-6-12-50(48)57-52)44-26-21-36(22-27-44)35-13-16-37(17-14-35)51-53-47-9-3-5-11-49(47)56-51/h1-33H/i19D,20D,25D,30D,32D,33D. The molecule has 11 aromatic rings. The van der Waals surface area contributed by atoms with Crippen LogP contribution < -0.4 is 4.90 Å². The van der Waals surface area contributed by atoms with E-state index < -0.39 is 0 Å². The molecule has 0 N–H and O–H groups in total. The summed E-state index contributed by atoms with van der Waals surface area (Å²) in [7, 11) is 0. The summed E-state index contributed by atoms with van der Waals surface area (Å²) in [6, 6.07) is 51.1. The zero-order valence-electron chi connectivity index (χ0n) is 36.2. The van der Waals surface area contributed by atoms with Crippen LogP contribution in [-0.2, 0) is 0 Å². The van der Waals surface area contributed by atoms with Gasteiger partial charge in [0.05, 0.1) is 18.4 Å². The van der Waals surface area contributed by atoms with Gasteiger partial charge >= 0.3 is 0 Å². The quantitative estimate of drug-likeness (QED) is 0.163. The summed E-state index contributed by atoms with van der Waals surface area (Å²) in [6.07, 6.45) is 0. The van der Waals surface area contributed by atoms with E-state index in [0.717, 1.165) is 59.4 Å². The third-order valence-corrected chi connectivity index (χ3v) is 11.3. The molecule has 0 aliphatic heterocycles. The third-order valence-electron chi connectivity index (χ3n) is 10.2. The molecular formula is C52H33N3OS. The Balaban J connectivity index is 1.03. The Bertz CT molecular complexity index is 3520. The smallest absolute Gasteiger partial charge is 0.227 e. The lowest BCUT2D eigenvalue weighted by molar-refractivity contribution is 0.620. The summed E-state index contributed by atoms with van der Waals surface area (Å²) < 4.78 is 63.6. The molecule has 9 aromatic carbocycles. The van der Waals surface area contributed by atoms with E-state index in [1.54, 1.807) is 16.2 Å². The van der Waals surface area contributed by atoms with Gasteiger partial charge < -0.3 is 9.32 Å². The maximum Gasteiger partial charge on any atom is 0.227 e. The van der Waals surface area contributed by atoms with Crippen LogP contribution in [0.3, 0.4) is 0 Å². The predicted octanol–water partition coefficient (Wildman–Crippen LogP) is 14.9. The van der Waals surface area contributed by atoms with Gasteiger partial charge in [-0.05, 0) is 141 Å². The predicted molar refractivity (Wildman–Crippen MR) is 239 cm³/mol. The Morgan fingerprint density at radius 1 is 0.439 bits per heavy atom. The van der Waals surface area contributed by atoms with Crippen molar-refractivity contribution >= 4 is 71.3 Å². The zero-order valence-corrected chi connectivity index (χ0v) is 31.1. The highest BCUT2D eigenvalue weighted by Crippen LogP contribution is 2.40. The molecule has 0 fully saturated rings. The summed E-state index contributed by atoms with van der Waals surface area (Å²) in [6.45, 7) is 0. The average molecular weight is 754 g/mol. The summed E-state index contributed by atoms with van der Waals surface area (Å²) in [5.41, 5.74) is 8.15. The van der Waals surface area contributed by atoms with E-state index in [1.165, 1.54) is 0 Å². The fourth-order valence-corrected chi connectivity index (χ4v) is 8.20. The number of para-hydroxylation sites is 3. The first kappa shape index (κ1) is 27.3. The second-order valence-electron chi connectivity index (χ2n) is 13.8. The van der Waals surface area contributed by atoms with Crippen molar-refractivity contribution in [3.05, 3.63) is 200 Å². The number of anilines is 3. The topological polar surface area (TPSA) is 42.2 Å². The summed E-state index contributed by atoms with van der Waals surface area (Å²) in [4.78, 5) is 11.2. The molecule has 0 spiro atoms. The molecule has 57 heavy (non-hydrogen) atoms. The molecule has 0 saturated carbocycles. The normalized spacial score (nSPS) is 13.0. The SMILES string of the molecule is [2H]c1c(N(c2ccc(-c3ccc(-c4nc5ccccc5o4)cc3)cc2)c2ccc(-c3nc4ccccc4s3)cc2)c([2H])c2c([2H])c([2H])c(-c3ccc4ccccc4c3)c([2H])c2c1[2H]. The molecule has 268 valence electrons. The number of thiazole rings is 1. The molecule has 2 heterocycles. The molecule has 4 nitrogen and oxygen atoms in total. The van der Waals surface area contributed by atoms with Crippen LogP contribution in [0.5, 0.6) is 0 Å². The van der Waals surface area contributed by atoms with Crippen molar-refractivity contribution in [1.82, 2.24) is 9.97 Å². The number of oxazole rings is 1. The van der Waals surface area contributed by atoms with Gasteiger partial charge in [0.25, 0.3) is 0 Å². The fourth-order valence-electron chi connectivity index (χ4n) is 7.23. The number of benzene rings is 9. The van der Waals surface area contributed by atoms with Gasteiger partial charge in [-0.3, -0.25) is 0 Å². The molecule has 0 aliphatic rings. The minimum Gasteiger partial charge on any atom is -0.436 e. The van der Waals surface area contributed by atoms with E-state index >= 15 is 0 Å². The van der Waals surface area contributed by atoms with Crippen LogP contribution in [0.25, 0.3) is 87.1 Å². The van der Waals surface area contributed by atoms with E-state index in [4.69, 9.17) is 9.40 Å². The van der Waals surface area contributed by atoms with Gasteiger partial charge in [-0.2, -0.15) is 0 Å². The van der Waals surface area contributed by atoms with Crippen LogP contribution in [0.2, 0.25) is 0 Å². The Kier molecular flexibility index (Phi) is 6.58. The minimum atomic E-state index is -0.289. The lowest BCUT2D eigenvalue weighted by Gasteiger charge is -2.26. The molecule has 5 heteroatoms. The monoisotopic (exact) mass is 753 g/mol. The largest absolute Gasteiger partial charge is 0.436 e. The number of rotatable bonds is 7. The van der Waals surface area contributed by atoms with Gasteiger partial charge in [0.1, 0.15) is 10.5 Å². The number of aromatic nitrogens is 2. The van der Waals surface area contributed by atoms with E-state index in [9.17, 15) is 8.22 Å². The maximum atomic E-state index is 9.71. The van der Waals surface area contributed by atoms with Gasteiger partial charge in [0.2, 0.25) is 5.89 Å². The van der Waals surface area contributed by atoms with Crippen molar-refractivity contribution in [2.75, 3.05) is 4.90 Å². The van der Waals surface area contributed by atoms with Gasteiger partial charge in [0, 0.05) is 28.2 Å². The molecule has 2 aromatic heterocycles. The van der Waals surface area contributed by atoms with E-state index in [0.29, 0.717) is 22.8 Å². The molecule has 0 bridgehead atoms. The number of hydrogen-bond acceptors (Lipinski definition) is 5. The second kappa shape index (κ2) is 13.7. The average Bonchev–Trinajstić information content (AvgIpc) is 3.97. The number of fused-ring (bicyclic) bond motifs is 4. The zero-order chi connectivity index (χ0) is 42.9. The van der Waals surface area contributed by atoms with Crippen molar-refractivity contribution in [2.45, 2.75) is 0 Å². The molecule has 0 saturated heterocycles. The van der Waals surface area contributed by atoms with Crippen LogP contribution in [0.4, 0.5) is 17.1 Å². The summed E-state index contributed by atoms with van der Waals surface area (Å²) in [5, 5.41) is 2.75. The maximum absolute atomic E-state index is 9.71. The van der Waals surface area contributed by atoms with Crippen molar-refractivity contribution in [1.29, 1.82) is 0 Å². The van der Waals surface area contributed by atoms with Crippen LogP contribution in [0, 0.1) is 0 Å². The molecule has 0 atom stereocenters. The Morgan fingerprint density at radius 2 is 1.05 bits per heavy atom. The van der Waals surface area contributed by atoms with Crippen molar-refractivity contribution in [2.24, 2.45) is 0 Å². The molecule has 0 radical (unpaired) electrons. The minimum absolute atomic E-state index is 0.000634. The summed E-state index contributed by atoms with van der Waals surface area (Å²) >= 11 is 1.60. The van der Waals surface area contributed by atoms with Crippen molar-refractivity contribution in [3.63, 3.8) is 0 Å². The second-order valence-corrected chi connectivity index (χ2v) is 14.8.